The first-order chi connectivity index (χ1) is 12.9. The fraction of sp³-hybridized carbons (Fsp3) is 1.00. The minimum absolute atomic E-state index is 0.379. The molecular weight excluding hydrogens is 326 g/mol. The highest BCUT2D eigenvalue weighted by Gasteiger charge is 2.47. The Morgan fingerprint density at radius 1 is 0.852 bits per heavy atom. The van der Waals surface area contributed by atoms with E-state index in [0.29, 0.717) is 5.54 Å². The minimum atomic E-state index is 0.379. The summed E-state index contributed by atoms with van der Waals surface area (Å²) in [4.78, 5) is 3.15. The molecule has 0 spiro atoms. The van der Waals surface area contributed by atoms with Gasteiger partial charge in [0.25, 0.3) is 0 Å². The van der Waals surface area contributed by atoms with Crippen molar-refractivity contribution >= 4 is 0 Å². The van der Waals surface area contributed by atoms with Gasteiger partial charge in [0.2, 0.25) is 0 Å². The molecule has 0 bridgehead atoms. The van der Waals surface area contributed by atoms with E-state index in [1.807, 2.05) is 0 Å². The van der Waals surface area contributed by atoms with Crippen LogP contribution in [-0.2, 0) is 0 Å². The summed E-state index contributed by atoms with van der Waals surface area (Å²) >= 11 is 0. The molecule has 0 aromatic heterocycles. The normalized spacial score (nSPS) is 34.9. The molecule has 0 heterocycles. The molecule has 1 heteroatoms. The van der Waals surface area contributed by atoms with Gasteiger partial charge in [0, 0.05) is 17.6 Å². The van der Waals surface area contributed by atoms with Crippen LogP contribution in [0.2, 0.25) is 0 Å². The van der Waals surface area contributed by atoms with E-state index in [1.54, 1.807) is 0 Å². The van der Waals surface area contributed by atoms with Gasteiger partial charge in [-0.2, -0.15) is 0 Å². The molecule has 3 fully saturated rings. The molecule has 0 aromatic rings. The highest BCUT2D eigenvalue weighted by molar-refractivity contribution is 5.01. The Morgan fingerprint density at radius 2 is 1.52 bits per heavy atom. The zero-order valence-corrected chi connectivity index (χ0v) is 19.3. The van der Waals surface area contributed by atoms with Crippen molar-refractivity contribution in [1.29, 1.82) is 0 Å². The fourth-order valence-electron chi connectivity index (χ4n) is 7.61. The third kappa shape index (κ3) is 4.93. The van der Waals surface area contributed by atoms with Gasteiger partial charge in [-0.05, 0) is 82.5 Å². The molecular formula is C26H49N. The van der Waals surface area contributed by atoms with Crippen LogP contribution in [0.4, 0.5) is 0 Å². The van der Waals surface area contributed by atoms with E-state index in [4.69, 9.17) is 0 Å². The number of nitrogens with zero attached hydrogens (tertiary/aromatic N) is 1. The lowest BCUT2D eigenvalue weighted by Gasteiger charge is -2.56. The Labute approximate surface area is 171 Å². The van der Waals surface area contributed by atoms with E-state index in [2.05, 4.69) is 39.5 Å². The second kappa shape index (κ2) is 9.64. The van der Waals surface area contributed by atoms with Crippen molar-refractivity contribution in [3.63, 3.8) is 0 Å². The number of rotatable bonds is 7. The maximum atomic E-state index is 3.15. The molecule has 0 aliphatic heterocycles. The van der Waals surface area contributed by atoms with E-state index in [-0.39, 0.29) is 0 Å². The van der Waals surface area contributed by atoms with Gasteiger partial charge in [0.05, 0.1) is 0 Å². The van der Waals surface area contributed by atoms with Crippen LogP contribution in [0.3, 0.4) is 0 Å². The number of hydrogen-bond donors (Lipinski definition) is 0. The summed E-state index contributed by atoms with van der Waals surface area (Å²) in [6.07, 6.45) is 20.5. The van der Waals surface area contributed by atoms with Crippen LogP contribution in [0.1, 0.15) is 125 Å². The first-order valence-electron chi connectivity index (χ1n) is 12.7. The molecule has 158 valence electrons. The predicted octanol–water partition coefficient (Wildman–Crippen LogP) is 7.83. The molecule has 1 nitrogen and oxygen atoms in total. The standard InChI is InChI=1S/C26H49N/c1-6-12-21(3)24-15-10-11-16-25(24)26(4,5)27(22-13-8-7-9-14-22)23-18-17-20(2)19-23/h20-25H,6-19H2,1-5H3. The molecule has 0 amide bonds. The lowest BCUT2D eigenvalue weighted by atomic mass is 9.63. The molecule has 0 aromatic carbocycles. The molecule has 27 heavy (non-hydrogen) atoms. The molecule has 3 aliphatic rings. The maximum Gasteiger partial charge on any atom is 0.0190 e. The van der Waals surface area contributed by atoms with Crippen LogP contribution >= 0.6 is 0 Å². The third-order valence-electron chi connectivity index (χ3n) is 8.90. The lowest BCUT2D eigenvalue weighted by Crippen LogP contribution is -2.60. The summed E-state index contributed by atoms with van der Waals surface area (Å²) in [5.41, 5.74) is 0.379. The monoisotopic (exact) mass is 375 g/mol. The van der Waals surface area contributed by atoms with Crippen LogP contribution in [0, 0.1) is 23.7 Å². The van der Waals surface area contributed by atoms with Crippen LogP contribution in [-0.4, -0.2) is 22.5 Å². The summed E-state index contributed by atoms with van der Waals surface area (Å²) in [7, 11) is 0. The zero-order chi connectivity index (χ0) is 19.4. The summed E-state index contributed by atoms with van der Waals surface area (Å²) in [5, 5.41) is 0. The Balaban J connectivity index is 1.85. The molecule has 3 rings (SSSR count). The summed E-state index contributed by atoms with van der Waals surface area (Å²) < 4.78 is 0. The molecule has 3 aliphatic carbocycles. The van der Waals surface area contributed by atoms with Crippen molar-refractivity contribution in [3.8, 4) is 0 Å². The van der Waals surface area contributed by atoms with Crippen LogP contribution < -0.4 is 0 Å². The van der Waals surface area contributed by atoms with Gasteiger partial charge < -0.3 is 0 Å². The zero-order valence-electron chi connectivity index (χ0n) is 19.3. The second-order valence-electron chi connectivity index (χ2n) is 11.2. The first kappa shape index (κ1) is 21.7. The van der Waals surface area contributed by atoms with Crippen molar-refractivity contribution in [2.45, 2.75) is 142 Å². The first-order valence-corrected chi connectivity index (χ1v) is 12.7. The Morgan fingerprint density at radius 3 is 2.15 bits per heavy atom. The van der Waals surface area contributed by atoms with Gasteiger partial charge >= 0.3 is 0 Å². The SMILES string of the molecule is CCCC(C)C1CCCCC1C(C)(C)N(C1CCCCC1)C1CCC(C)C1. The van der Waals surface area contributed by atoms with Crippen molar-refractivity contribution in [1.82, 2.24) is 4.90 Å². The number of hydrogen-bond acceptors (Lipinski definition) is 1. The molecule has 5 atom stereocenters. The van der Waals surface area contributed by atoms with Crippen molar-refractivity contribution in [3.05, 3.63) is 0 Å². The van der Waals surface area contributed by atoms with E-state index < -0.39 is 0 Å². The van der Waals surface area contributed by atoms with Crippen molar-refractivity contribution in [2.75, 3.05) is 0 Å². The summed E-state index contributed by atoms with van der Waals surface area (Å²) in [6.45, 7) is 12.8. The maximum absolute atomic E-state index is 3.15. The summed E-state index contributed by atoms with van der Waals surface area (Å²) in [6, 6.07) is 1.73. The highest BCUT2D eigenvalue weighted by Crippen LogP contribution is 2.48. The van der Waals surface area contributed by atoms with E-state index in [9.17, 15) is 0 Å². The largest absolute Gasteiger partial charge is 0.292 e. The van der Waals surface area contributed by atoms with Gasteiger partial charge in [-0.25, -0.2) is 0 Å². The van der Waals surface area contributed by atoms with Gasteiger partial charge in [0.1, 0.15) is 0 Å². The second-order valence-corrected chi connectivity index (χ2v) is 11.2. The van der Waals surface area contributed by atoms with Crippen molar-refractivity contribution in [2.24, 2.45) is 23.7 Å². The van der Waals surface area contributed by atoms with Gasteiger partial charge in [-0.15, -0.1) is 0 Å². The molecule has 5 unspecified atom stereocenters. The van der Waals surface area contributed by atoms with Crippen molar-refractivity contribution < 1.29 is 0 Å². The Hall–Kier alpha value is -0.0400. The quantitative estimate of drug-likeness (QED) is 0.438. The fourth-order valence-corrected chi connectivity index (χ4v) is 7.61. The van der Waals surface area contributed by atoms with E-state index in [1.165, 1.54) is 89.9 Å². The minimum Gasteiger partial charge on any atom is -0.292 e. The topological polar surface area (TPSA) is 3.24 Å². The predicted molar refractivity (Wildman–Crippen MR) is 119 cm³/mol. The van der Waals surface area contributed by atoms with Crippen LogP contribution in [0.15, 0.2) is 0 Å². The molecule has 0 radical (unpaired) electrons. The average molecular weight is 376 g/mol. The smallest absolute Gasteiger partial charge is 0.0190 e. The average Bonchev–Trinajstić information content (AvgIpc) is 3.08. The Bertz CT molecular complexity index is 431. The molecule has 3 saturated carbocycles. The summed E-state index contributed by atoms with van der Waals surface area (Å²) in [5.74, 6) is 3.72. The van der Waals surface area contributed by atoms with Gasteiger partial charge in [-0.3, -0.25) is 4.90 Å². The van der Waals surface area contributed by atoms with Gasteiger partial charge in [-0.1, -0.05) is 65.7 Å². The van der Waals surface area contributed by atoms with E-state index >= 15 is 0 Å². The van der Waals surface area contributed by atoms with Crippen LogP contribution in [0.25, 0.3) is 0 Å². The molecule has 0 saturated heterocycles. The lowest BCUT2D eigenvalue weighted by molar-refractivity contribution is -0.0622. The van der Waals surface area contributed by atoms with Crippen LogP contribution in [0.5, 0.6) is 0 Å². The Kier molecular flexibility index (Phi) is 7.73. The molecule has 0 N–H and O–H groups in total. The van der Waals surface area contributed by atoms with Gasteiger partial charge in [0.15, 0.2) is 0 Å². The third-order valence-corrected chi connectivity index (χ3v) is 8.90. The highest BCUT2D eigenvalue weighted by atomic mass is 15.3. The van der Waals surface area contributed by atoms with E-state index in [0.717, 1.165) is 35.8 Å².